The summed E-state index contributed by atoms with van der Waals surface area (Å²) in [6, 6.07) is 10.6. The molecule has 6 heteroatoms. The van der Waals surface area contributed by atoms with Gasteiger partial charge in [0.2, 0.25) is 5.91 Å². The van der Waals surface area contributed by atoms with Crippen molar-refractivity contribution in [1.82, 2.24) is 20.0 Å². The van der Waals surface area contributed by atoms with Gasteiger partial charge in [-0.2, -0.15) is 5.10 Å². The Bertz CT molecular complexity index is 1020. The molecule has 1 unspecified atom stereocenters. The Morgan fingerprint density at radius 3 is 2.39 bits per heavy atom. The Hall–Kier alpha value is -2.63. The lowest BCUT2D eigenvalue weighted by Gasteiger charge is -2.47. The minimum Gasteiger partial charge on any atom is -0.351 e. The van der Waals surface area contributed by atoms with E-state index < -0.39 is 5.54 Å². The van der Waals surface area contributed by atoms with E-state index >= 15 is 0 Å². The van der Waals surface area contributed by atoms with E-state index in [-0.39, 0.29) is 23.9 Å². The lowest BCUT2D eigenvalue weighted by molar-refractivity contribution is -0.135. The third-order valence-electron chi connectivity index (χ3n) is 7.98. The van der Waals surface area contributed by atoms with Crippen LogP contribution in [0, 0.1) is 0 Å². The van der Waals surface area contributed by atoms with Crippen molar-refractivity contribution in [3.8, 4) is 11.3 Å². The van der Waals surface area contributed by atoms with Gasteiger partial charge < -0.3 is 10.2 Å². The third kappa shape index (κ3) is 4.09. The van der Waals surface area contributed by atoms with Gasteiger partial charge in [-0.05, 0) is 50.7 Å². The van der Waals surface area contributed by atoms with Crippen LogP contribution in [0.15, 0.2) is 30.3 Å². The van der Waals surface area contributed by atoms with E-state index in [2.05, 4.69) is 36.5 Å². The fraction of sp³-hybridized carbons (Fsp3) is 0.593. The highest BCUT2D eigenvalue weighted by atomic mass is 16.2. The number of nitrogens with one attached hydrogen (secondary N) is 1. The normalized spacial score (nSPS) is 24.2. The number of amides is 2. The summed E-state index contributed by atoms with van der Waals surface area (Å²) < 4.78 is 1.78. The van der Waals surface area contributed by atoms with E-state index in [4.69, 9.17) is 5.10 Å². The summed E-state index contributed by atoms with van der Waals surface area (Å²) in [5.74, 6) is -0.0805. The molecule has 1 N–H and O–H groups in total. The van der Waals surface area contributed by atoms with Gasteiger partial charge in [-0.15, -0.1) is 0 Å². The van der Waals surface area contributed by atoms with Gasteiger partial charge in [-0.1, -0.05) is 63.3 Å². The fourth-order valence-corrected chi connectivity index (χ4v) is 5.98. The number of aryl methyl sites for hydroxylation is 1. The highest BCUT2D eigenvalue weighted by molar-refractivity contribution is 6.00. The number of aromatic nitrogens is 2. The molecule has 0 spiro atoms. The topological polar surface area (TPSA) is 67.2 Å². The number of nitrogens with zero attached hydrogens (tertiary/aromatic N) is 3. The van der Waals surface area contributed by atoms with E-state index in [9.17, 15) is 9.59 Å². The van der Waals surface area contributed by atoms with Crippen LogP contribution in [0.4, 0.5) is 0 Å². The summed E-state index contributed by atoms with van der Waals surface area (Å²) in [4.78, 5) is 29.5. The monoisotopic (exact) mass is 448 g/mol. The second-order valence-electron chi connectivity index (χ2n) is 10.3. The lowest BCUT2D eigenvalue weighted by Crippen LogP contribution is -2.67. The Morgan fingerprint density at radius 1 is 1.06 bits per heavy atom. The van der Waals surface area contributed by atoms with Crippen LogP contribution in [0.1, 0.15) is 87.7 Å². The van der Waals surface area contributed by atoms with Crippen LogP contribution in [0.3, 0.4) is 0 Å². The van der Waals surface area contributed by atoms with Crippen LogP contribution < -0.4 is 5.32 Å². The predicted molar refractivity (Wildman–Crippen MR) is 129 cm³/mol. The number of benzene rings is 1. The van der Waals surface area contributed by atoms with E-state index in [0.717, 1.165) is 69.0 Å². The molecule has 176 valence electrons. The molecule has 0 saturated heterocycles. The summed E-state index contributed by atoms with van der Waals surface area (Å²) >= 11 is 0. The summed E-state index contributed by atoms with van der Waals surface area (Å²) in [5.41, 5.74) is 2.75. The molecule has 2 saturated carbocycles. The van der Waals surface area contributed by atoms with Gasteiger partial charge in [0.1, 0.15) is 11.2 Å². The lowest BCUT2D eigenvalue weighted by atomic mass is 9.90. The molecule has 5 rings (SSSR count). The Balaban J connectivity index is 1.48. The van der Waals surface area contributed by atoms with E-state index in [1.165, 1.54) is 12.0 Å². The van der Waals surface area contributed by atoms with Gasteiger partial charge >= 0.3 is 0 Å². The summed E-state index contributed by atoms with van der Waals surface area (Å²) in [6.07, 6.45) is 10.8. The molecular formula is C27H36N4O2. The van der Waals surface area contributed by atoms with Crippen molar-refractivity contribution in [2.45, 2.75) is 102 Å². The van der Waals surface area contributed by atoms with Gasteiger partial charge in [0, 0.05) is 17.6 Å². The number of carbonyl (C=O) groups excluding carboxylic acids is 2. The van der Waals surface area contributed by atoms with Crippen LogP contribution in [-0.2, 0) is 17.8 Å². The summed E-state index contributed by atoms with van der Waals surface area (Å²) in [6.45, 7) is 4.48. The molecular weight excluding hydrogens is 412 g/mol. The summed E-state index contributed by atoms with van der Waals surface area (Å²) in [7, 11) is 0. The molecule has 1 atom stereocenters. The van der Waals surface area contributed by atoms with Gasteiger partial charge in [-0.25, -0.2) is 0 Å². The first-order valence-electron chi connectivity index (χ1n) is 12.8. The molecule has 33 heavy (non-hydrogen) atoms. The van der Waals surface area contributed by atoms with Crippen molar-refractivity contribution in [1.29, 1.82) is 0 Å². The maximum absolute atomic E-state index is 13.8. The summed E-state index contributed by atoms with van der Waals surface area (Å²) in [5, 5.41) is 8.11. The van der Waals surface area contributed by atoms with Crippen LogP contribution in [0.2, 0.25) is 0 Å². The average Bonchev–Trinajstić information content (AvgIpc) is 3.50. The van der Waals surface area contributed by atoms with E-state index in [1.807, 2.05) is 17.9 Å². The molecule has 1 aromatic carbocycles. The van der Waals surface area contributed by atoms with Crippen molar-refractivity contribution in [2.24, 2.45) is 0 Å². The quantitative estimate of drug-likeness (QED) is 0.720. The van der Waals surface area contributed by atoms with Crippen LogP contribution >= 0.6 is 0 Å². The van der Waals surface area contributed by atoms with Crippen LogP contribution in [-0.4, -0.2) is 44.1 Å². The second-order valence-corrected chi connectivity index (χ2v) is 10.3. The Kier molecular flexibility index (Phi) is 6.02. The SMILES string of the molecule is CCc1ccc(-c2cc3n(n2)CC(C)(C(=O)NC2CCCCC2)N(C2CCCC2)C3=O)cc1. The molecule has 2 fully saturated rings. The molecule has 0 radical (unpaired) electrons. The maximum Gasteiger partial charge on any atom is 0.273 e. The van der Waals surface area contributed by atoms with Crippen LogP contribution in [0.5, 0.6) is 0 Å². The molecule has 1 aromatic heterocycles. The molecule has 6 nitrogen and oxygen atoms in total. The Labute approximate surface area is 196 Å². The minimum absolute atomic E-state index is 0.0235. The zero-order valence-electron chi connectivity index (χ0n) is 20.0. The molecule has 2 heterocycles. The van der Waals surface area contributed by atoms with Crippen LogP contribution in [0.25, 0.3) is 11.3 Å². The minimum atomic E-state index is -0.925. The first-order chi connectivity index (χ1) is 16.0. The standard InChI is InChI=1S/C27H36N4O2/c1-3-19-13-15-20(16-14-19)23-17-24-25(32)31(22-11-7-8-12-22)27(2,18-30(24)29-23)26(33)28-21-9-5-4-6-10-21/h13-17,21-22H,3-12,18H2,1-2H3,(H,28,33). The van der Waals surface area contributed by atoms with Crippen molar-refractivity contribution in [3.05, 3.63) is 41.6 Å². The highest BCUT2D eigenvalue weighted by Gasteiger charge is 2.51. The average molecular weight is 449 g/mol. The van der Waals surface area contributed by atoms with Crippen molar-refractivity contribution in [2.75, 3.05) is 0 Å². The maximum atomic E-state index is 13.8. The van der Waals surface area contributed by atoms with Gasteiger partial charge in [0.05, 0.1) is 12.2 Å². The number of rotatable bonds is 5. The fourth-order valence-electron chi connectivity index (χ4n) is 5.98. The molecule has 1 aliphatic heterocycles. The molecule has 0 bridgehead atoms. The van der Waals surface area contributed by atoms with Crippen molar-refractivity contribution >= 4 is 11.8 Å². The number of hydrogen-bond acceptors (Lipinski definition) is 3. The first kappa shape index (κ1) is 22.2. The zero-order valence-corrected chi connectivity index (χ0v) is 20.0. The van der Waals surface area contributed by atoms with E-state index in [0.29, 0.717) is 12.2 Å². The molecule has 3 aliphatic rings. The Morgan fingerprint density at radius 2 is 1.73 bits per heavy atom. The smallest absolute Gasteiger partial charge is 0.273 e. The van der Waals surface area contributed by atoms with Gasteiger partial charge in [0.15, 0.2) is 0 Å². The second kappa shape index (κ2) is 8.96. The number of carbonyl (C=O) groups is 2. The highest BCUT2D eigenvalue weighted by Crippen LogP contribution is 2.36. The molecule has 2 aromatic rings. The van der Waals surface area contributed by atoms with Gasteiger partial charge in [0.25, 0.3) is 5.91 Å². The van der Waals surface area contributed by atoms with E-state index in [1.54, 1.807) is 4.68 Å². The zero-order chi connectivity index (χ0) is 23.0. The molecule has 2 aliphatic carbocycles. The third-order valence-corrected chi connectivity index (χ3v) is 7.98. The number of fused-ring (bicyclic) bond motifs is 1. The predicted octanol–water partition coefficient (Wildman–Crippen LogP) is 4.72. The first-order valence-corrected chi connectivity index (χ1v) is 12.8. The van der Waals surface area contributed by atoms with Gasteiger partial charge in [-0.3, -0.25) is 14.3 Å². The number of hydrogen-bond donors (Lipinski definition) is 1. The molecule has 2 amide bonds. The largest absolute Gasteiger partial charge is 0.351 e. The van der Waals surface area contributed by atoms with Crippen molar-refractivity contribution < 1.29 is 9.59 Å². The van der Waals surface area contributed by atoms with Crippen molar-refractivity contribution in [3.63, 3.8) is 0 Å².